The molecule has 2 aromatic rings. The fourth-order valence-electron chi connectivity index (χ4n) is 1.18. The van der Waals surface area contributed by atoms with Crippen LogP contribution < -0.4 is 0 Å². The van der Waals surface area contributed by atoms with Gasteiger partial charge < -0.3 is 0 Å². The summed E-state index contributed by atoms with van der Waals surface area (Å²) in [6.45, 7) is 2.09. The molecule has 11 heavy (non-hydrogen) atoms. The number of benzene rings is 1. The van der Waals surface area contributed by atoms with E-state index in [0.717, 1.165) is 5.52 Å². The maximum absolute atomic E-state index is 4.21. The van der Waals surface area contributed by atoms with Gasteiger partial charge in [-0.05, 0) is 30.7 Å². The quantitative estimate of drug-likeness (QED) is 0.550. The maximum atomic E-state index is 4.21. The molecule has 0 aliphatic rings. The van der Waals surface area contributed by atoms with Crippen molar-refractivity contribution in [2.75, 3.05) is 0 Å². The van der Waals surface area contributed by atoms with Crippen LogP contribution in [0.25, 0.3) is 10.9 Å². The highest BCUT2D eigenvalue weighted by Crippen LogP contribution is 2.13. The molecule has 0 fully saturated rings. The molecule has 1 nitrogen and oxygen atoms in total. The maximum Gasteiger partial charge on any atom is 0.0710 e. The highest BCUT2D eigenvalue weighted by Gasteiger charge is 1.93. The smallest absolute Gasteiger partial charge is 0.0710 e. The lowest BCUT2D eigenvalue weighted by Gasteiger charge is -1.97. The van der Waals surface area contributed by atoms with Gasteiger partial charge in [0.25, 0.3) is 0 Å². The lowest BCUT2D eigenvalue weighted by Crippen LogP contribution is -1.80. The number of nitrogens with zero attached hydrogens (tertiary/aromatic N) is 1. The molecule has 1 heteroatoms. The number of fused-ring (bicyclic) bond motifs is 1. The zero-order chi connectivity index (χ0) is 7.68. The van der Waals surface area contributed by atoms with Gasteiger partial charge in [0.05, 0.1) is 5.52 Å². The first-order valence-corrected chi connectivity index (χ1v) is 3.59. The summed E-state index contributed by atoms with van der Waals surface area (Å²) in [5, 5.41) is 1.21. The van der Waals surface area contributed by atoms with Gasteiger partial charge in [-0.25, -0.2) is 0 Å². The van der Waals surface area contributed by atoms with E-state index in [1.54, 1.807) is 0 Å². The molecule has 2 rings (SSSR count). The molecule has 0 atom stereocenters. The average Bonchev–Trinajstić information content (AvgIpc) is 2.06. The lowest BCUT2D eigenvalue weighted by molar-refractivity contribution is 1.37. The van der Waals surface area contributed by atoms with Gasteiger partial charge in [-0.2, -0.15) is 0 Å². The molecule has 0 saturated carbocycles. The highest BCUT2D eigenvalue weighted by atomic mass is 14.6. The van der Waals surface area contributed by atoms with Crippen LogP contribution >= 0.6 is 0 Å². The van der Waals surface area contributed by atoms with Crippen molar-refractivity contribution in [3.8, 4) is 0 Å². The lowest BCUT2D eigenvalue weighted by atomic mass is 10.1. The molecule has 0 spiro atoms. The Balaban J connectivity index is 2.91. The van der Waals surface area contributed by atoms with E-state index in [1.807, 2.05) is 30.5 Å². The van der Waals surface area contributed by atoms with Crippen molar-refractivity contribution < 1.29 is 0 Å². The molecule has 1 aromatic carbocycles. The summed E-state index contributed by atoms with van der Waals surface area (Å²) < 4.78 is 0. The molecular formula is C10H8N. The molecule has 0 amide bonds. The molecule has 0 aliphatic carbocycles. The Morgan fingerprint density at radius 2 is 2.27 bits per heavy atom. The van der Waals surface area contributed by atoms with Crippen LogP contribution in [0.1, 0.15) is 5.56 Å². The van der Waals surface area contributed by atoms with E-state index >= 15 is 0 Å². The molecule has 0 unspecified atom stereocenters. The van der Waals surface area contributed by atoms with Crippen LogP contribution in [0, 0.1) is 13.0 Å². The standard InChI is InChI=1S/C10H8N/c1-8-6-7-11-10-5-3-2-4-9(8)10/h2,4-7H,1H3. The first kappa shape index (κ1) is 6.35. The third kappa shape index (κ3) is 0.984. The zero-order valence-electron chi connectivity index (χ0n) is 6.33. The summed E-state index contributed by atoms with van der Waals surface area (Å²) in [4.78, 5) is 4.21. The predicted octanol–water partition coefficient (Wildman–Crippen LogP) is 2.34. The second-order valence-corrected chi connectivity index (χ2v) is 2.57. The molecule has 0 bridgehead atoms. The Labute approximate surface area is 65.7 Å². The second-order valence-electron chi connectivity index (χ2n) is 2.57. The van der Waals surface area contributed by atoms with E-state index in [4.69, 9.17) is 0 Å². The third-order valence-corrected chi connectivity index (χ3v) is 1.81. The van der Waals surface area contributed by atoms with Crippen LogP contribution in [0.4, 0.5) is 0 Å². The number of aromatic nitrogens is 1. The highest BCUT2D eigenvalue weighted by molar-refractivity contribution is 5.81. The second kappa shape index (κ2) is 2.35. The molecule has 0 aliphatic heterocycles. The van der Waals surface area contributed by atoms with E-state index in [9.17, 15) is 0 Å². The fourth-order valence-corrected chi connectivity index (χ4v) is 1.18. The van der Waals surface area contributed by atoms with E-state index in [0.29, 0.717) is 0 Å². The van der Waals surface area contributed by atoms with Gasteiger partial charge in [0.2, 0.25) is 0 Å². The molecule has 0 saturated heterocycles. The Morgan fingerprint density at radius 1 is 1.36 bits per heavy atom. The van der Waals surface area contributed by atoms with E-state index in [2.05, 4.69) is 18.0 Å². The van der Waals surface area contributed by atoms with Gasteiger partial charge in [0.15, 0.2) is 0 Å². The normalized spacial score (nSPS) is 10.3. The largest absolute Gasteiger partial charge is 0.256 e. The third-order valence-electron chi connectivity index (χ3n) is 1.81. The van der Waals surface area contributed by atoms with E-state index in [1.165, 1.54) is 10.9 Å². The summed E-state index contributed by atoms with van der Waals surface area (Å²) in [7, 11) is 0. The van der Waals surface area contributed by atoms with E-state index in [-0.39, 0.29) is 0 Å². The minimum Gasteiger partial charge on any atom is -0.256 e. The predicted molar refractivity (Wildman–Crippen MR) is 45.3 cm³/mol. The molecule has 1 radical (unpaired) electrons. The van der Waals surface area contributed by atoms with Crippen molar-refractivity contribution >= 4 is 10.9 Å². The number of aryl methyl sites for hydroxylation is 1. The van der Waals surface area contributed by atoms with Crippen LogP contribution in [-0.2, 0) is 0 Å². The van der Waals surface area contributed by atoms with Crippen molar-refractivity contribution in [2.45, 2.75) is 6.92 Å². The van der Waals surface area contributed by atoms with Gasteiger partial charge in [-0.1, -0.05) is 12.1 Å². The van der Waals surface area contributed by atoms with Gasteiger partial charge in [0, 0.05) is 11.6 Å². The minimum absolute atomic E-state index is 1.02. The van der Waals surface area contributed by atoms with Gasteiger partial charge >= 0.3 is 0 Å². The van der Waals surface area contributed by atoms with Crippen molar-refractivity contribution in [3.05, 3.63) is 42.1 Å². The minimum atomic E-state index is 1.02. The van der Waals surface area contributed by atoms with Gasteiger partial charge in [-0.3, -0.25) is 4.98 Å². The Bertz CT molecular complexity index is 374. The van der Waals surface area contributed by atoms with Crippen molar-refractivity contribution in [1.82, 2.24) is 4.98 Å². The summed E-state index contributed by atoms with van der Waals surface area (Å²) in [6, 6.07) is 10.9. The first-order valence-electron chi connectivity index (χ1n) is 3.59. The Hall–Kier alpha value is -1.37. The number of hydrogen-bond acceptors (Lipinski definition) is 1. The SMILES string of the molecule is Cc1ccnc2c[c]ccc12. The van der Waals surface area contributed by atoms with Gasteiger partial charge in [0.1, 0.15) is 0 Å². The van der Waals surface area contributed by atoms with E-state index < -0.39 is 0 Å². The average molecular weight is 142 g/mol. The van der Waals surface area contributed by atoms with Crippen LogP contribution in [-0.4, -0.2) is 4.98 Å². The van der Waals surface area contributed by atoms with Crippen LogP contribution in [0.15, 0.2) is 30.5 Å². The molecule has 53 valence electrons. The molecular weight excluding hydrogens is 134 g/mol. The first-order chi connectivity index (χ1) is 5.38. The van der Waals surface area contributed by atoms with Crippen molar-refractivity contribution in [1.29, 1.82) is 0 Å². The van der Waals surface area contributed by atoms with Crippen molar-refractivity contribution in [2.24, 2.45) is 0 Å². The summed E-state index contributed by atoms with van der Waals surface area (Å²) >= 11 is 0. The summed E-state index contributed by atoms with van der Waals surface area (Å²) in [5.74, 6) is 0. The van der Waals surface area contributed by atoms with Crippen molar-refractivity contribution in [3.63, 3.8) is 0 Å². The van der Waals surface area contributed by atoms with Gasteiger partial charge in [-0.15, -0.1) is 0 Å². The number of pyridine rings is 1. The summed E-state index contributed by atoms with van der Waals surface area (Å²) in [6.07, 6.45) is 1.82. The Kier molecular flexibility index (Phi) is 1.35. The molecule has 0 N–H and O–H groups in total. The van der Waals surface area contributed by atoms with Crippen LogP contribution in [0.2, 0.25) is 0 Å². The number of rotatable bonds is 0. The van der Waals surface area contributed by atoms with Crippen LogP contribution in [0.3, 0.4) is 0 Å². The topological polar surface area (TPSA) is 12.9 Å². The fraction of sp³-hybridized carbons (Fsp3) is 0.100. The molecule has 1 heterocycles. The zero-order valence-corrected chi connectivity index (χ0v) is 6.33. The molecule has 1 aromatic heterocycles. The number of hydrogen-bond donors (Lipinski definition) is 0. The summed E-state index contributed by atoms with van der Waals surface area (Å²) in [5.41, 5.74) is 2.29. The Morgan fingerprint density at radius 3 is 3.09 bits per heavy atom. The monoisotopic (exact) mass is 142 g/mol. The van der Waals surface area contributed by atoms with Crippen LogP contribution in [0.5, 0.6) is 0 Å².